The molecule has 4 heteroatoms. The molecule has 0 saturated carbocycles. The van der Waals surface area contributed by atoms with E-state index in [1.165, 1.54) is 44.9 Å². The van der Waals surface area contributed by atoms with Gasteiger partial charge in [0.2, 0.25) is 0 Å². The van der Waals surface area contributed by atoms with E-state index in [-0.39, 0.29) is 0 Å². The SMILES string of the molecule is CCCCCCCCOCCOCCOCCOCCCC. The Bertz CT molecular complexity index is 168. The van der Waals surface area contributed by atoms with Crippen molar-refractivity contribution >= 4 is 0 Å². The fourth-order valence-electron chi connectivity index (χ4n) is 1.99. The molecule has 0 fully saturated rings. The van der Waals surface area contributed by atoms with Gasteiger partial charge >= 0.3 is 0 Å². The van der Waals surface area contributed by atoms with Crippen molar-refractivity contribution in [2.75, 3.05) is 52.9 Å². The van der Waals surface area contributed by atoms with Gasteiger partial charge in [0, 0.05) is 13.2 Å². The number of rotatable bonds is 19. The zero-order chi connectivity index (χ0) is 16.1. The summed E-state index contributed by atoms with van der Waals surface area (Å²) in [7, 11) is 0. The minimum absolute atomic E-state index is 0.633. The molecule has 0 aliphatic carbocycles. The summed E-state index contributed by atoms with van der Waals surface area (Å²) in [5, 5.41) is 0. The molecule has 0 aliphatic rings. The van der Waals surface area contributed by atoms with Crippen LogP contribution in [0.2, 0.25) is 0 Å². The standard InChI is InChI=1S/C18H38O4/c1-3-5-7-8-9-10-12-20-14-16-22-18-17-21-15-13-19-11-6-4-2/h3-18H2,1-2H3. The van der Waals surface area contributed by atoms with E-state index in [1.807, 2.05) is 0 Å². The average Bonchev–Trinajstić information content (AvgIpc) is 2.54. The first-order valence-corrected chi connectivity index (χ1v) is 9.22. The van der Waals surface area contributed by atoms with E-state index in [9.17, 15) is 0 Å². The smallest absolute Gasteiger partial charge is 0.0701 e. The van der Waals surface area contributed by atoms with Gasteiger partial charge in [-0.1, -0.05) is 52.4 Å². The summed E-state index contributed by atoms with van der Waals surface area (Å²) in [6.07, 6.45) is 10.1. The normalized spacial score (nSPS) is 11.2. The Morgan fingerprint density at radius 1 is 0.364 bits per heavy atom. The molecule has 0 aliphatic heterocycles. The fourth-order valence-corrected chi connectivity index (χ4v) is 1.99. The molecule has 134 valence electrons. The van der Waals surface area contributed by atoms with Crippen LogP contribution in [0.15, 0.2) is 0 Å². The van der Waals surface area contributed by atoms with Crippen molar-refractivity contribution < 1.29 is 18.9 Å². The van der Waals surface area contributed by atoms with Crippen molar-refractivity contribution in [3.8, 4) is 0 Å². The van der Waals surface area contributed by atoms with Gasteiger partial charge in [0.25, 0.3) is 0 Å². The van der Waals surface area contributed by atoms with Gasteiger partial charge < -0.3 is 18.9 Å². The highest BCUT2D eigenvalue weighted by Crippen LogP contribution is 2.04. The monoisotopic (exact) mass is 318 g/mol. The first kappa shape index (κ1) is 21.8. The third kappa shape index (κ3) is 19.8. The summed E-state index contributed by atoms with van der Waals surface area (Å²) in [6.45, 7) is 10.1. The molecule has 0 heterocycles. The van der Waals surface area contributed by atoms with Crippen LogP contribution in [-0.2, 0) is 18.9 Å². The predicted molar refractivity (Wildman–Crippen MR) is 91.6 cm³/mol. The lowest BCUT2D eigenvalue weighted by Gasteiger charge is -2.07. The molecule has 0 aromatic rings. The Morgan fingerprint density at radius 2 is 0.727 bits per heavy atom. The van der Waals surface area contributed by atoms with Crippen LogP contribution in [0.25, 0.3) is 0 Å². The van der Waals surface area contributed by atoms with Crippen LogP contribution < -0.4 is 0 Å². The average molecular weight is 318 g/mol. The maximum atomic E-state index is 5.54. The number of hydrogen-bond donors (Lipinski definition) is 0. The maximum absolute atomic E-state index is 5.54. The molecule has 22 heavy (non-hydrogen) atoms. The summed E-state index contributed by atoms with van der Waals surface area (Å²) >= 11 is 0. The Kier molecular flexibility index (Phi) is 20.7. The molecular weight excluding hydrogens is 280 g/mol. The summed E-state index contributed by atoms with van der Waals surface area (Å²) in [5.74, 6) is 0. The van der Waals surface area contributed by atoms with Crippen molar-refractivity contribution in [3.05, 3.63) is 0 Å². The van der Waals surface area contributed by atoms with Gasteiger partial charge in [0.15, 0.2) is 0 Å². The summed E-state index contributed by atoms with van der Waals surface area (Å²) in [6, 6.07) is 0. The third-order valence-electron chi connectivity index (χ3n) is 3.40. The summed E-state index contributed by atoms with van der Waals surface area (Å²) in [5.41, 5.74) is 0. The Balaban J connectivity index is 2.91. The minimum atomic E-state index is 0.633. The van der Waals surface area contributed by atoms with Gasteiger partial charge in [-0.3, -0.25) is 0 Å². The second-order valence-corrected chi connectivity index (χ2v) is 5.57. The molecule has 0 rings (SSSR count). The zero-order valence-electron chi connectivity index (χ0n) is 14.9. The molecule has 0 spiro atoms. The number of ether oxygens (including phenoxy) is 4. The predicted octanol–water partition coefficient (Wildman–Crippen LogP) is 4.21. The van der Waals surface area contributed by atoms with Crippen molar-refractivity contribution in [2.45, 2.75) is 65.2 Å². The lowest BCUT2D eigenvalue weighted by atomic mass is 10.1. The Morgan fingerprint density at radius 3 is 1.23 bits per heavy atom. The van der Waals surface area contributed by atoms with Gasteiger partial charge in [-0.05, 0) is 12.8 Å². The zero-order valence-corrected chi connectivity index (χ0v) is 14.9. The van der Waals surface area contributed by atoms with Crippen LogP contribution in [0.1, 0.15) is 65.2 Å². The van der Waals surface area contributed by atoms with Crippen molar-refractivity contribution in [3.63, 3.8) is 0 Å². The minimum Gasteiger partial charge on any atom is -0.379 e. The van der Waals surface area contributed by atoms with Gasteiger partial charge in [-0.15, -0.1) is 0 Å². The molecule has 0 aromatic carbocycles. The van der Waals surface area contributed by atoms with Gasteiger partial charge in [0.1, 0.15) is 0 Å². The van der Waals surface area contributed by atoms with E-state index in [0.717, 1.165) is 19.6 Å². The molecule has 0 saturated heterocycles. The van der Waals surface area contributed by atoms with E-state index in [4.69, 9.17) is 18.9 Å². The Labute approximate surface area is 137 Å². The molecule has 0 bridgehead atoms. The van der Waals surface area contributed by atoms with E-state index < -0.39 is 0 Å². The quantitative estimate of drug-likeness (QED) is 0.334. The van der Waals surface area contributed by atoms with Crippen LogP contribution in [0.4, 0.5) is 0 Å². The van der Waals surface area contributed by atoms with Crippen molar-refractivity contribution in [1.82, 2.24) is 0 Å². The molecule has 0 amide bonds. The van der Waals surface area contributed by atoms with E-state index in [0.29, 0.717) is 39.6 Å². The molecule has 0 aromatic heterocycles. The molecular formula is C18H38O4. The topological polar surface area (TPSA) is 36.9 Å². The summed E-state index contributed by atoms with van der Waals surface area (Å²) < 4.78 is 21.8. The molecule has 0 radical (unpaired) electrons. The van der Waals surface area contributed by atoms with Crippen molar-refractivity contribution in [1.29, 1.82) is 0 Å². The maximum Gasteiger partial charge on any atom is 0.0701 e. The van der Waals surface area contributed by atoms with E-state index in [2.05, 4.69) is 13.8 Å². The molecule has 0 atom stereocenters. The Hall–Kier alpha value is -0.160. The van der Waals surface area contributed by atoms with Gasteiger partial charge in [-0.25, -0.2) is 0 Å². The molecule has 4 nitrogen and oxygen atoms in total. The molecule has 0 N–H and O–H groups in total. The number of hydrogen-bond acceptors (Lipinski definition) is 4. The third-order valence-corrected chi connectivity index (χ3v) is 3.40. The highest BCUT2D eigenvalue weighted by atomic mass is 16.6. The van der Waals surface area contributed by atoms with Gasteiger partial charge in [-0.2, -0.15) is 0 Å². The molecule has 0 unspecified atom stereocenters. The van der Waals surface area contributed by atoms with E-state index in [1.54, 1.807) is 0 Å². The first-order valence-electron chi connectivity index (χ1n) is 9.22. The lowest BCUT2D eigenvalue weighted by molar-refractivity contribution is -0.00238. The second kappa shape index (κ2) is 20.8. The van der Waals surface area contributed by atoms with Crippen LogP contribution in [0.3, 0.4) is 0 Å². The van der Waals surface area contributed by atoms with Crippen LogP contribution in [-0.4, -0.2) is 52.9 Å². The van der Waals surface area contributed by atoms with Crippen LogP contribution >= 0.6 is 0 Å². The van der Waals surface area contributed by atoms with Gasteiger partial charge in [0.05, 0.1) is 39.6 Å². The van der Waals surface area contributed by atoms with Crippen LogP contribution in [0, 0.1) is 0 Å². The van der Waals surface area contributed by atoms with E-state index >= 15 is 0 Å². The fraction of sp³-hybridized carbons (Fsp3) is 1.00. The highest BCUT2D eigenvalue weighted by Gasteiger charge is 1.93. The summed E-state index contributed by atoms with van der Waals surface area (Å²) in [4.78, 5) is 0. The van der Waals surface area contributed by atoms with Crippen LogP contribution in [0.5, 0.6) is 0 Å². The van der Waals surface area contributed by atoms with Crippen molar-refractivity contribution in [2.24, 2.45) is 0 Å². The second-order valence-electron chi connectivity index (χ2n) is 5.57. The highest BCUT2D eigenvalue weighted by molar-refractivity contribution is 4.43. The largest absolute Gasteiger partial charge is 0.379 e. The number of unbranched alkanes of at least 4 members (excludes halogenated alkanes) is 6. The first-order chi connectivity index (χ1) is 10.9. The lowest BCUT2D eigenvalue weighted by Crippen LogP contribution is -2.12.